The molecule has 0 radical (unpaired) electrons. The SMILES string of the molecule is Cc1csc(-n2c(O)c(F)c(=O)[nH]c2=O)n1. The van der Waals surface area contributed by atoms with E-state index in [-0.39, 0.29) is 5.13 Å². The molecule has 0 amide bonds. The van der Waals surface area contributed by atoms with Gasteiger partial charge in [0, 0.05) is 5.38 Å². The average molecular weight is 243 g/mol. The maximum Gasteiger partial charge on any atom is 0.337 e. The van der Waals surface area contributed by atoms with E-state index in [0.717, 1.165) is 11.3 Å². The summed E-state index contributed by atoms with van der Waals surface area (Å²) in [6, 6.07) is 0. The molecule has 0 saturated carbocycles. The van der Waals surface area contributed by atoms with Gasteiger partial charge in [-0.05, 0) is 6.92 Å². The molecule has 0 spiro atoms. The Morgan fingerprint density at radius 2 is 2.25 bits per heavy atom. The van der Waals surface area contributed by atoms with Gasteiger partial charge in [0.15, 0.2) is 0 Å². The van der Waals surface area contributed by atoms with Crippen molar-refractivity contribution in [3.63, 3.8) is 0 Å². The molecule has 0 aromatic carbocycles. The fourth-order valence-corrected chi connectivity index (χ4v) is 1.93. The Balaban J connectivity index is 2.80. The Hall–Kier alpha value is -1.96. The molecule has 2 aromatic rings. The summed E-state index contributed by atoms with van der Waals surface area (Å²) in [6.07, 6.45) is 0. The molecule has 0 unspecified atom stereocenters. The summed E-state index contributed by atoms with van der Waals surface area (Å²) in [7, 11) is 0. The molecule has 0 fully saturated rings. The first-order valence-corrected chi connectivity index (χ1v) is 5.05. The Morgan fingerprint density at radius 3 is 2.81 bits per heavy atom. The summed E-state index contributed by atoms with van der Waals surface area (Å²) in [4.78, 5) is 27.8. The van der Waals surface area contributed by atoms with E-state index in [0.29, 0.717) is 10.3 Å². The van der Waals surface area contributed by atoms with Crippen LogP contribution in [-0.4, -0.2) is 19.6 Å². The van der Waals surface area contributed by atoms with Crippen LogP contribution in [0.2, 0.25) is 0 Å². The molecule has 0 aliphatic rings. The highest BCUT2D eigenvalue weighted by Crippen LogP contribution is 2.18. The number of hydrogen-bond donors (Lipinski definition) is 2. The molecule has 8 heteroatoms. The molecule has 2 N–H and O–H groups in total. The van der Waals surface area contributed by atoms with Crippen LogP contribution in [0, 0.1) is 12.7 Å². The van der Waals surface area contributed by atoms with Crippen LogP contribution in [0.15, 0.2) is 15.0 Å². The van der Waals surface area contributed by atoms with Gasteiger partial charge < -0.3 is 5.11 Å². The summed E-state index contributed by atoms with van der Waals surface area (Å²) >= 11 is 1.05. The second-order valence-electron chi connectivity index (χ2n) is 3.00. The molecule has 0 aliphatic heterocycles. The lowest BCUT2D eigenvalue weighted by molar-refractivity contribution is 0.386. The van der Waals surface area contributed by atoms with E-state index in [1.807, 2.05) is 0 Å². The van der Waals surface area contributed by atoms with Gasteiger partial charge >= 0.3 is 5.69 Å². The Kier molecular flexibility index (Phi) is 2.35. The number of hydrogen-bond acceptors (Lipinski definition) is 5. The van der Waals surface area contributed by atoms with E-state index in [2.05, 4.69) is 4.98 Å². The highest BCUT2D eigenvalue weighted by molar-refractivity contribution is 7.12. The fourth-order valence-electron chi connectivity index (χ4n) is 1.13. The van der Waals surface area contributed by atoms with Crippen LogP contribution in [0.4, 0.5) is 4.39 Å². The molecule has 0 atom stereocenters. The van der Waals surface area contributed by atoms with Crippen molar-refractivity contribution >= 4 is 11.3 Å². The van der Waals surface area contributed by atoms with Gasteiger partial charge in [0.1, 0.15) is 0 Å². The number of aryl methyl sites for hydroxylation is 1. The number of halogens is 1. The second-order valence-corrected chi connectivity index (χ2v) is 3.84. The number of rotatable bonds is 1. The molecule has 2 aromatic heterocycles. The number of nitrogens with one attached hydrogen (secondary N) is 1. The number of aromatic amines is 1. The van der Waals surface area contributed by atoms with Crippen molar-refractivity contribution in [2.24, 2.45) is 0 Å². The Labute approximate surface area is 91.6 Å². The molecule has 0 aliphatic carbocycles. The smallest absolute Gasteiger partial charge is 0.337 e. The molecule has 0 saturated heterocycles. The van der Waals surface area contributed by atoms with Gasteiger partial charge in [-0.3, -0.25) is 9.78 Å². The maximum atomic E-state index is 13.1. The molecule has 2 heterocycles. The number of nitrogens with zero attached hydrogens (tertiary/aromatic N) is 2. The molecule has 6 nitrogen and oxygen atoms in total. The first kappa shape index (κ1) is 10.6. The van der Waals surface area contributed by atoms with Crippen LogP contribution in [0.5, 0.6) is 5.88 Å². The van der Waals surface area contributed by atoms with Gasteiger partial charge in [0.25, 0.3) is 5.56 Å². The van der Waals surface area contributed by atoms with Crippen molar-refractivity contribution in [2.75, 3.05) is 0 Å². The van der Waals surface area contributed by atoms with Crippen LogP contribution < -0.4 is 11.2 Å². The van der Waals surface area contributed by atoms with E-state index in [1.165, 1.54) is 0 Å². The monoisotopic (exact) mass is 243 g/mol. The summed E-state index contributed by atoms with van der Waals surface area (Å²) < 4.78 is 13.7. The topological polar surface area (TPSA) is 88.0 Å². The molecular weight excluding hydrogens is 237 g/mol. The highest BCUT2D eigenvalue weighted by atomic mass is 32.1. The van der Waals surface area contributed by atoms with Crippen molar-refractivity contribution in [3.05, 3.63) is 37.7 Å². The minimum Gasteiger partial charge on any atom is -0.492 e. The predicted molar refractivity (Wildman–Crippen MR) is 54.7 cm³/mol. The van der Waals surface area contributed by atoms with Gasteiger partial charge in [-0.25, -0.2) is 14.3 Å². The van der Waals surface area contributed by atoms with Gasteiger partial charge in [-0.1, -0.05) is 0 Å². The normalized spacial score (nSPS) is 10.6. The van der Waals surface area contributed by atoms with Crippen LogP contribution in [0.3, 0.4) is 0 Å². The second kappa shape index (κ2) is 3.56. The lowest BCUT2D eigenvalue weighted by Gasteiger charge is -2.03. The summed E-state index contributed by atoms with van der Waals surface area (Å²) in [6.45, 7) is 1.68. The highest BCUT2D eigenvalue weighted by Gasteiger charge is 2.16. The van der Waals surface area contributed by atoms with Crippen LogP contribution >= 0.6 is 11.3 Å². The van der Waals surface area contributed by atoms with E-state index in [4.69, 9.17) is 0 Å². The lowest BCUT2D eigenvalue weighted by atomic mass is 10.5. The van der Waals surface area contributed by atoms with Gasteiger partial charge in [-0.15, -0.1) is 11.3 Å². The molecular formula is C8H6FN3O3S. The average Bonchev–Trinajstić information content (AvgIpc) is 2.61. The Morgan fingerprint density at radius 1 is 1.56 bits per heavy atom. The summed E-state index contributed by atoms with van der Waals surface area (Å²) in [5.74, 6) is -2.45. The number of aromatic hydroxyl groups is 1. The fraction of sp³-hybridized carbons (Fsp3) is 0.125. The zero-order valence-corrected chi connectivity index (χ0v) is 8.84. The summed E-state index contributed by atoms with van der Waals surface area (Å²) in [5.41, 5.74) is -1.57. The van der Waals surface area contributed by atoms with E-state index in [9.17, 15) is 19.1 Å². The standard InChI is InChI=1S/C8H6FN3O3S/c1-3-2-16-8(10-3)12-6(14)4(9)5(13)11-7(12)15/h2,14H,1H3,(H,11,13,15). The molecule has 2 rings (SSSR count). The first-order valence-electron chi connectivity index (χ1n) is 4.17. The maximum absolute atomic E-state index is 13.1. The largest absolute Gasteiger partial charge is 0.492 e. The number of thiazole rings is 1. The minimum atomic E-state index is -1.41. The Bertz CT molecular complexity index is 657. The number of aromatic nitrogens is 3. The third kappa shape index (κ3) is 1.52. The zero-order chi connectivity index (χ0) is 11.9. The van der Waals surface area contributed by atoms with Crippen molar-refractivity contribution < 1.29 is 9.50 Å². The van der Waals surface area contributed by atoms with Crippen molar-refractivity contribution in [3.8, 4) is 11.0 Å². The summed E-state index contributed by atoms with van der Waals surface area (Å²) in [5, 5.41) is 11.1. The van der Waals surface area contributed by atoms with Gasteiger partial charge in [0.2, 0.25) is 16.8 Å². The predicted octanol–water partition coefficient (Wildman–Crippen LogP) is 0.135. The quantitative estimate of drug-likeness (QED) is 0.745. The van der Waals surface area contributed by atoms with E-state index in [1.54, 1.807) is 17.3 Å². The first-order chi connectivity index (χ1) is 7.50. The molecule has 0 bridgehead atoms. The van der Waals surface area contributed by atoms with Crippen LogP contribution in [-0.2, 0) is 0 Å². The van der Waals surface area contributed by atoms with Gasteiger partial charge in [-0.2, -0.15) is 4.39 Å². The third-order valence-electron chi connectivity index (χ3n) is 1.83. The molecule has 16 heavy (non-hydrogen) atoms. The van der Waals surface area contributed by atoms with E-state index < -0.39 is 22.9 Å². The van der Waals surface area contributed by atoms with Gasteiger partial charge in [0.05, 0.1) is 5.69 Å². The van der Waals surface area contributed by atoms with Crippen LogP contribution in [0.1, 0.15) is 5.69 Å². The van der Waals surface area contributed by atoms with Crippen molar-refractivity contribution in [1.29, 1.82) is 0 Å². The molecule has 84 valence electrons. The zero-order valence-electron chi connectivity index (χ0n) is 8.02. The third-order valence-corrected chi connectivity index (χ3v) is 2.77. The minimum absolute atomic E-state index is 0.0927. The lowest BCUT2D eigenvalue weighted by Crippen LogP contribution is -2.30. The number of H-pyrrole nitrogens is 1. The van der Waals surface area contributed by atoms with Crippen molar-refractivity contribution in [1.82, 2.24) is 14.5 Å². The van der Waals surface area contributed by atoms with E-state index >= 15 is 0 Å². The van der Waals surface area contributed by atoms with Crippen molar-refractivity contribution in [2.45, 2.75) is 6.92 Å². The van der Waals surface area contributed by atoms with Crippen LogP contribution in [0.25, 0.3) is 5.13 Å².